The molecule has 8 nitrogen and oxygen atoms in total. The zero-order valence-corrected chi connectivity index (χ0v) is 9.94. The summed E-state index contributed by atoms with van der Waals surface area (Å²) in [6.07, 6.45) is 1.47. The monoisotopic (exact) mass is 250 g/mol. The Morgan fingerprint density at radius 1 is 1.56 bits per heavy atom. The number of carboxylic acids is 1. The second-order valence-corrected chi connectivity index (χ2v) is 3.95. The first-order valence-electron chi connectivity index (χ1n) is 5.73. The molecule has 0 aliphatic rings. The quantitative estimate of drug-likeness (QED) is 0.765. The summed E-state index contributed by atoms with van der Waals surface area (Å²) in [5.41, 5.74) is 0.545. The molecule has 0 saturated heterocycles. The van der Waals surface area contributed by atoms with Crippen LogP contribution in [0.25, 0.3) is 5.65 Å². The third-order valence-electron chi connectivity index (χ3n) is 2.59. The lowest BCUT2D eigenvalue weighted by Crippen LogP contribution is -2.23. The standard InChI is InChI=1S/C10H14N6O2/c1-2-3-7(10(17)18)6-11-8-4-5-9-12-14-15-16(9)13-8/h4-5,7H,2-3,6H2,1H3,(H,11,13)(H,17,18). The number of hydrogen-bond donors (Lipinski definition) is 2. The van der Waals surface area contributed by atoms with Gasteiger partial charge in [-0.15, -0.1) is 14.8 Å². The molecule has 2 aromatic rings. The summed E-state index contributed by atoms with van der Waals surface area (Å²) < 4.78 is 1.29. The number of rotatable bonds is 6. The normalized spacial score (nSPS) is 12.5. The number of carbonyl (C=O) groups is 1. The maximum atomic E-state index is 11.0. The van der Waals surface area contributed by atoms with Gasteiger partial charge in [-0.25, -0.2) is 0 Å². The van der Waals surface area contributed by atoms with Crippen molar-refractivity contribution in [1.82, 2.24) is 25.3 Å². The van der Waals surface area contributed by atoms with Gasteiger partial charge in [0, 0.05) is 6.54 Å². The van der Waals surface area contributed by atoms with E-state index in [4.69, 9.17) is 5.11 Å². The number of nitrogens with one attached hydrogen (secondary N) is 1. The van der Waals surface area contributed by atoms with Gasteiger partial charge < -0.3 is 10.4 Å². The van der Waals surface area contributed by atoms with Crippen LogP contribution < -0.4 is 5.32 Å². The van der Waals surface area contributed by atoms with Crippen molar-refractivity contribution >= 4 is 17.4 Å². The summed E-state index contributed by atoms with van der Waals surface area (Å²) in [7, 11) is 0. The molecule has 2 rings (SSSR count). The lowest BCUT2D eigenvalue weighted by atomic mass is 10.0. The molecule has 96 valence electrons. The first-order chi connectivity index (χ1) is 8.70. The third kappa shape index (κ3) is 2.70. The zero-order chi connectivity index (χ0) is 13.0. The molecule has 1 atom stereocenters. The molecular weight excluding hydrogens is 236 g/mol. The van der Waals surface area contributed by atoms with E-state index in [1.54, 1.807) is 12.1 Å². The van der Waals surface area contributed by atoms with Gasteiger partial charge in [0.15, 0.2) is 5.65 Å². The average molecular weight is 250 g/mol. The first-order valence-corrected chi connectivity index (χ1v) is 5.73. The Morgan fingerprint density at radius 3 is 3.11 bits per heavy atom. The number of tetrazole rings is 1. The largest absolute Gasteiger partial charge is 0.481 e. The molecule has 0 aliphatic carbocycles. The number of aliphatic carboxylic acids is 1. The van der Waals surface area contributed by atoms with E-state index in [0.29, 0.717) is 24.4 Å². The summed E-state index contributed by atoms with van der Waals surface area (Å²) >= 11 is 0. The molecule has 2 heterocycles. The molecule has 8 heteroatoms. The van der Waals surface area contributed by atoms with Gasteiger partial charge >= 0.3 is 5.97 Å². The molecule has 18 heavy (non-hydrogen) atoms. The van der Waals surface area contributed by atoms with Gasteiger partial charge in [-0.3, -0.25) is 4.79 Å². The van der Waals surface area contributed by atoms with E-state index in [2.05, 4.69) is 25.9 Å². The topological polar surface area (TPSA) is 105 Å². The molecule has 1 unspecified atom stereocenters. The Labute approximate surface area is 103 Å². The number of aromatic nitrogens is 5. The molecule has 0 radical (unpaired) electrons. The number of nitrogens with zero attached hydrogens (tertiary/aromatic N) is 5. The number of carboxylic acid groups (broad SMARTS) is 1. The van der Waals surface area contributed by atoms with Crippen LogP contribution in [0.15, 0.2) is 12.1 Å². The Balaban J connectivity index is 2.01. The van der Waals surface area contributed by atoms with E-state index in [0.717, 1.165) is 6.42 Å². The van der Waals surface area contributed by atoms with Crippen molar-refractivity contribution in [2.24, 2.45) is 5.92 Å². The van der Waals surface area contributed by atoms with Crippen LogP contribution in [0.4, 0.5) is 5.82 Å². The van der Waals surface area contributed by atoms with Crippen molar-refractivity contribution in [2.45, 2.75) is 19.8 Å². The van der Waals surface area contributed by atoms with Gasteiger partial charge in [-0.05, 0) is 29.0 Å². The highest BCUT2D eigenvalue weighted by Crippen LogP contribution is 2.09. The summed E-state index contributed by atoms with van der Waals surface area (Å²) in [4.78, 5) is 11.0. The first kappa shape index (κ1) is 12.2. The SMILES string of the molecule is CCCC(CNc1ccc2nnnn2n1)C(=O)O. The van der Waals surface area contributed by atoms with E-state index in [1.165, 1.54) is 4.63 Å². The van der Waals surface area contributed by atoms with Crippen LogP contribution in [-0.4, -0.2) is 42.9 Å². The molecule has 0 spiro atoms. The minimum absolute atomic E-state index is 0.337. The lowest BCUT2D eigenvalue weighted by molar-refractivity contribution is -0.141. The highest BCUT2D eigenvalue weighted by atomic mass is 16.4. The summed E-state index contributed by atoms with van der Waals surface area (Å²) in [6.45, 7) is 2.30. The minimum atomic E-state index is -0.798. The van der Waals surface area contributed by atoms with Crippen molar-refractivity contribution in [2.75, 3.05) is 11.9 Å². The van der Waals surface area contributed by atoms with Crippen LogP contribution in [0.2, 0.25) is 0 Å². The van der Waals surface area contributed by atoms with Gasteiger partial charge in [0.2, 0.25) is 0 Å². The van der Waals surface area contributed by atoms with Gasteiger partial charge in [0.05, 0.1) is 5.92 Å². The van der Waals surface area contributed by atoms with Gasteiger partial charge in [0.25, 0.3) is 0 Å². The minimum Gasteiger partial charge on any atom is -0.481 e. The molecule has 0 amide bonds. The fourth-order valence-electron chi connectivity index (χ4n) is 1.63. The highest BCUT2D eigenvalue weighted by molar-refractivity contribution is 5.70. The second kappa shape index (κ2) is 5.39. The number of hydrogen-bond acceptors (Lipinski definition) is 6. The van der Waals surface area contributed by atoms with Crippen molar-refractivity contribution in [3.05, 3.63) is 12.1 Å². The van der Waals surface area contributed by atoms with Crippen molar-refractivity contribution < 1.29 is 9.90 Å². The maximum absolute atomic E-state index is 11.0. The van der Waals surface area contributed by atoms with Crippen LogP contribution >= 0.6 is 0 Å². The summed E-state index contributed by atoms with van der Waals surface area (Å²) in [6, 6.07) is 3.43. The van der Waals surface area contributed by atoms with Crippen LogP contribution in [0, 0.1) is 5.92 Å². The van der Waals surface area contributed by atoms with Crippen molar-refractivity contribution in [3.63, 3.8) is 0 Å². The second-order valence-electron chi connectivity index (χ2n) is 3.95. The molecule has 2 N–H and O–H groups in total. The van der Waals surface area contributed by atoms with Crippen molar-refractivity contribution in [1.29, 1.82) is 0 Å². The summed E-state index contributed by atoms with van der Waals surface area (Å²) in [5, 5.41) is 27.0. The Morgan fingerprint density at radius 2 is 2.39 bits per heavy atom. The smallest absolute Gasteiger partial charge is 0.308 e. The lowest BCUT2D eigenvalue weighted by Gasteiger charge is -2.12. The van der Waals surface area contributed by atoms with Gasteiger partial charge in [-0.2, -0.15) is 0 Å². The van der Waals surface area contributed by atoms with Gasteiger partial charge in [0.1, 0.15) is 5.82 Å². The Bertz CT molecular complexity index is 540. The molecule has 0 aromatic carbocycles. The molecule has 0 fully saturated rings. The molecule has 0 saturated carbocycles. The van der Waals surface area contributed by atoms with E-state index >= 15 is 0 Å². The molecule has 0 aliphatic heterocycles. The zero-order valence-electron chi connectivity index (χ0n) is 9.94. The predicted octanol–water partition coefficient (Wildman–Crippen LogP) is 0.432. The summed E-state index contributed by atoms with van der Waals surface area (Å²) in [5.74, 6) is -0.661. The molecule has 2 aromatic heterocycles. The Hall–Kier alpha value is -2.25. The molecule has 0 bridgehead atoms. The van der Waals surface area contributed by atoms with Gasteiger partial charge in [-0.1, -0.05) is 13.3 Å². The predicted molar refractivity (Wildman–Crippen MR) is 63.1 cm³/mol. The van der Waals surface area contributed by atoms with Crippen LogP contribution in [0.1, 0.15) is 19.8 Å². The van der Waals surface area contributed by atoms with E-state index < -0.39 is 11.9 Å². The van der Waals surface area contributed by atoms with E-state index in [-0.39, 0.29) is 0 Å². The van der Waals surface area contributed by atoms with E-state index in [9.17, 15) is 4.79 Å². The van der Waals surface area contributed by atoms with Crippen LogP contribution in [0.5, 0.6) is 0 Å². The van der Waals surface area contributed by atoms with Crippen molar-refractivity contribution in [3.8, 4) is 0 Å². The molecular formula is C10H14N6O2. The van der Waals surface area contributed by atoms with E-state index in [1.807, 2.05) is 6.92 Å². The van der Waals surface area contributed by atoms with Crippen LogP contribution in [-0.2, 0) is 4.79 Å². The third-order valence-corrected chi connectivity index (χ3v) is 2.59. The maximum Gasteiger partial charge on any atom is 0.308 e. The fraction of sp³-hybridized carbons (Fsp3) is 0.500. The van der Waals surface area contributed by atoms with Crippen LogP contribution in [0.3, 0.4) is 0 Å². The number of anilines is 1. The fourth-order valence-corrected chi connectivity index (χ4v) is 1.63. The average Bonchev–Trinajstić information content (AvgIpc) is 2.81. The Kier molecular flexibility index (Phi) is 3.66. The highest BCUT2D eigenvalue weighted by Gasteiger charge is 2.16. The number of fused-ring (bicyclic) bond motifs is 1.